The Morgan fingerprint density at radius 3 is 1.23 bits per heavy atom. The van der Waals surface area contributed by atoms with Gasteiger partial charge in [0.25, 0.3) is 5.69 Å². The van der Waals surface area contributed by atoms with Crippen molar-refractivity contribution in [2.24, 2.45) is 0 Å². The fourth-order valence-corrected chi connectivity index (χ4v) is 11.7. The monoisotopic (exact) mass is 1050 g/mol. The zero-order valence-electron chi connectivity index (χ0n) is 45.3. The number of anilines is 2. The minimum atomic E-state index is -0.949. The third kappa shape index (κ3) is 13.2. The maximum absolute atomic E-state index is 14.2. The van der Waals surface area contributed by atoms with Gasteiger partial charge in [-0.3, -0.25) is 19.9 Å². The lowest BCUT2D eigenvalue weighted by Crippen LogP contribution is -2.48. The van der Waals surface area contributed by atoms with Gasteiger partial charge in [-0.2, -0.15) is 0 Å². The third-order valence-corrected chi connectivity index (χ3v) is 15.7. The van der Waals surface area contributed by atoms with Crippen LogP contribution in [0.5, 0.6) is 0 Å². The number of nitro benzene ring substituents is 1. The number of nitro groups is 1. The molecule has 0 aromatic heterocycles. The molecule has 12 nitrogen and oxygen atoms in total. The van der Waals surface area contributed by atoms with Gasteiger partial charge >= 0.3 is 11.9 Å². The average Bonchev–Trinajstić information content (AvgIpc) is 3.51. The van der Waals surface area contributed by atoms with Crippen LogP contribution in [0.2, 0.25) is 0 Å². The predicted octanol–water partition coefficient (Wildman–Crippen LogP) is 12.0. The number of benzene rings is 7. The van der Waals surface area contributed by atoms with E-state index in [1.165, 1.54) is 45.8 Å². The number of nitrogens with zero attached hydrogens (tertiary/aromatic N) is 5. The van der Waals surface area contributed by atoms with E-state index in [9.17, 15) is 19.7 Å². The molecule has 1 N–H and O–H groups in total. The molecule has 10 rings (SSSR count). The van der Waals surface area contributed by atoms with Crippen molar-refractivity contribution in [3.8, 4) is 0 Å². The van der Waals surface area contributed by atoms with Crippen LogP contribution in [-0.4, -0.2) is 92.2 Å². The molecule has 0 radical (unpaired) electrons. The fourth-order valence-electron chi connectivity index (χ4n) is 11.7. The van der Waals surface area contributed by atoms with Crippen LogP contribution in [0.1, 0.15) is 83.6 Å². The summed E-state index contributed by atoms with van der Waals surface area (Å²) in [6.45, 7) is 11.3. The summed E-state index contributed by atoms with van der Waals surface area (Å²) in [5.74, 6) is -2.14. The first-order chi connectivity index (χ1) is 38.7. The molecule has 3 aliphatic rings. The number of dihydropyridines is 1. The molecule has 0 atom stereocenters. The summed E-state index contributed by atoms with van der Waals surface area (Å²) in [4.78, 5) is 49.9. The van der Waals surface area contributed by atoms with Gasteiger partial charge in [0.15, 0.2) is 0 Å². The Morgan fingerprint density at radius 2 is 0.873 bits per heavy atom. The van der Waals surface area contributed by atoms with E-state index in [1.807, 2.05) is 0 Å². The standard InChI is InChI=1S/C67H70N6O6/c1-49-61(66(74)78-46-16-18-51-30-34-58(35-31-51)69-38-42-71(43-39-69)64(53-20-7-3-8-21-53)54-22-9-4-10-23-54)63(57-28-15-29-60(48-57)73(76)77)62(50(2)68-49)67(75)79-47-17-19-52-32-36-59(37-33-52)70-40-44-72(45-41-70)65(55-24-11-5-12-25-55)56-26-13-6-14-27-56/h3-15,20-37,48,63-65,68H,16-19,38-47H2,1-2H3. The Balaban J connectivity index is 0.714. The first-order valence-corrected chi connectivity index (χ1v) is 27.8. The summed E-state index contributed by atoms with van der Waals surface area (Å²) >= 11 is 0. The van der Waals surface area contributed by atoms with E-state index < -0.39 is 22.8 Å². The highest BCUT2D eigenvalue weighted by atomic mass is 16.6. The molecule has 3 heterocycles. The summed E-state index contributed by atoms with van der Waals surface area (Å²) in [5, 5.41) is 15.2. The van der Waals surface area contributed by atoms with E-state index in [4.69, 9.17) is 9.47 Å². The second kappa shape index (κ2) is 25.9. The SMILES string of the molecule is CC1=C(C(=O)OCCCc2ccc(N3CCN(C(c4ccccc4)c4ccccc4)CC3)cc2)C(c2cccc([N+](=O)[O-])c2)C(C(=O)OCCCc2ccc(N3CCN(C(c4ccccc4)c4ccccc4)CC3)cc2)=C(C)N1. The van der Waals surface area contributed by atoms with Gasteiger partial charge < -0.3 is 24.6 Å². The molecule has 3 aliphatic heterocycles. The molecule has 0 saturated carbocycles. The molecule has 0 bridgehead atoms. The van der Waals surface area contributed by atoms with E-state index in [0.717, 1.165) is 63.5 Å². The van der Waals surface area contributed by atoms with Crippen molar-refractivity contribution in [1.82, 2.24) is 15.1 Å². The second-order valence-corrected chi connectivity index (χ2v) is 20.8. The summed E-state index contributed by atoms with van der Waals surface area (Å²) in [6, 6.07) is 66.8. The van der Waals surface area contributed by atoms with Gasteiger partial charge in [0, 0.05) is 87.3 Å². The second-order valence-electron chi connectivity index (χ2n) is 20.8. The van der Waals surface area contributed by atoms with Gasteiger partial charge in [0.05, 0.1) is 47.3 Å². The number of carbonyl (C=O) groups is 2. The van der Waals surface area contributed by atoms with Crippen molar-refractivity contribution in [3.63, 3.8) is 0 Å². The molecule has 2 saturated heterocycles. The molecule has 404 valence electrons. The molecule has 79 heavy (non-hydrogen) atoms. The fraction of sp³-hybridized carbons (Fsp3) is 0.284. The molecule has 7 aromatic carbocycles. The van der Waals surface area contributed by atoms with Gasteiger partial charge in [-0.25, -0.2) is 9.59 Å². The number of rotatable bonds is 20. The Labute approximate surface area is 464 Å². The molecule has 0 spiro atoms. The number of piperazine rings is 2. The summed E-state index contributed by atoms with van der Waals surface area (Å²) in [7, 11) is 0. The first kappa shape index (κ1) is 54.1. The molecule has 0 unspecified atom stereocenters. The van der Waals surface area contributed by atoms with Crippen molar-refractivity contribution in [3.05, 3.63) is 266 Å². The zero-order valence-corrected chi connectivity index (χ0v) is 45.3. The summed E-state index contributed by atoms with van der Waals surface area (Å²) < 4.78 is 11.9. The van der Waals surface area contributed by atoms with E-state index in [2.05, 4.69) is 195 Å². The Hall–Kier alpha value is -8.32. The topological polar surface area (TPSA) is 121 Å². The molecule has 12 heteroatoms. The Bertz CT molecular complexity index is 2940. The van der Waals surface area contributed by atoms with E-state index in [-0.39, 0.29) is 42.1 Å². The van der Waals surface area contributed by atoms with Crippen molar-refractivity contribution >= 4 is 29.0 Å². The number of hydrogen-bond donors (Lipinski definition) is 1. The maximum Gasteiger partial charge on any atom is 0.336 e. The van der Waals surface area contributed by atoms with Crippen LogP contribution >= 0.6 is 0 Å². The lowest BCUT2D eigenvalue weighted by molar-refractivity contribution is -0.384. The molecule has 0 aliphatic carbocycles. The highest BCUT2D eigenvalue weighted by Crippen LogP contribution is 2.41. The number of esters is 2. The van der Waals surface area contributed by atoms with Crippen LogP contribution in [0.3, 0.4) is 0 Å². The molecule has 2 fully saturated rings. The van der Waals surface area contributed by atoms with Crippen LogP contribution in [0.4, 0.5) is 17.1 Å². The smallest absolute Gasteiger partial charge is 0.336 e. The quantitative estimate of drug-likeness (QED) is 0.0340. The molecular weight excluding hydrogens is 985 g/mol. The highest BCUT2D eigenvalue weighted by Gasteiger charge is 2.39. The van der Waals surface area contributed by atoms with E-state index in [0.29, 0.717) is 42.6 Å². The summed E-state index contributed by atoms with van der Waals surface area (Å²) in [6.07, 6.45) is 2.57. The lowest BCUT2D eigenvalue weighted by atomic mass is 9.80. The Kier molecular flexibility index (Phi) is 17.7. The van der Waals surface area contributed by atoms with Gasteiger partial charge in [-0.15, -0.1) is 0 Å². The minimum absolute atomic E-state index is 0.146. The van der Waals surface area contributed by atoms with Crippen molar-refractivity contribution in [1.29, 1.82) is 0 Å². The van der Waals surface area contributed by atoms with Crippen LogP contribution in [0.15, 0.2) is 217 Å². The molecular formula is C67H70N6O6. The predicted molar refractivity (Wildman–Crippen MR) is 313 cm³/mol. The number of ether oxygens (including phenoxy) is 2. The highest BCUT2D eigenvalue weighted by molar-refractivity contribution is 6.00. The van der Waals surface area contributed by atoms with Crippen molar-refractivity contribution in [2.45, 2.75) is 57.5 Å². The largest absolute Gasteiger partial charge is 0.462 e. The average molecular weight is 1060 g/mol. The number of carbonyl (C=O) groups excluding carboxylic acids is 2. The number of aryl methyl sites for hydroxylation is 2. The first-order valence-electron chi connectivity index (χ1n) is 27.8. The van der Waals surface area contributed by atoms with Crippen LogP contribution in [0, 0.1) is 10.1 Å². The number of non-ortho nitro benzene ring substituents is 1. The third-order valence-electron chi connectivity index (χ3n) is 15.7. The molecule has 7 aromatic rings. The van der Waals surface area contributed by atoms with Crippen molar-refractivity contribution < 1.29 is 24.0 Å². The zero-order chi connectivity index (χ0) is 54.5. The number of allylic oxidation sites excluding steroid dienone is 2. The maximum atomic E-state index is 14.2. The van der Waals surface area contributed by atoms with Gasteiger partial charge in [0.2, 0.25) is 0 Å². The molecule has 0 amide bonds. The minimum Gasteiger partial charge on any atom is -0.462 e. The van der Waals surface area contributed by atoms with Crippen LogP contribution in [0.25, 0.3) is 0 Å². The van der Waals surface area contributed by atoms with Gasteiger partial charge in [-0.05, 0) is 103 Å². The lowest BCUT2D eigenvalue weighted by Gasteiger charge is -2.40. The van der Waals surface area contributed by atoms with Gasteiger partial charge in [-0.1, -0.05) is 158 Å². The van der Waals surface area contributed by atoms with Crippen molar-refractivity contribution in [2.75, 3.05) is 75.4 Å². The Morgan fingerprint density at radius 1 is 0.506 bits per heavy atom. The van der Waals surface area contributed by atoms with E-state index in [1.54, 1.807) is 26.0 Å². The van der Waals surface area contributed by atoms with Crippen LogP contribution < -0.4 is 15.1 Å². The van der Waals surface area contributed by atoms with Crippen LogP contribution in [-0.2, 0) is 31.9 Å². The summed E-state index contributed by atoms with van der Waals surface area (Å²) in [5.41, 5.74) is 11.6. The normalized spacial score (nSPS) is 15.6. The van der Waals surface area contributed by atoms with E-state index >= 15 is 0 Å². The number of hydrogen-bond acceptors (Lipinski definition) is 11. The number of nitrogens with one attached hydrogen (secondary N) is 1. The van der Waals surface area contributed by atoms with Gasteiger partial charge in [0.1, 0.15) is 0 Å².